The van der Waals surface area contributed by atoms with E-state index in [0.29, 0.717) is 62.7 Å². The third kappa shape index (κ3) is 10.5. The highest BCUT2D eigenvalue weighted by Gasteiger charge is 2.32. The minimum absolute atomic E-state index is 0.0332. The Morgan fingerprint density at radius 1 is 1.07 bits per heavy atom. The molecule has 1 N–H and O–H groups in total. The van der Waals surface area contributed by atoms with E-state index in [2.05, 4.69) is 5.32 Å². The summed E-state index contributed by atoms with van der Waals surface area (Å²) >= 11 is 0. The molecule has 0 aliphatic carbocycles. The average Bonchev–Trinajstić information content (AvgIpc) is 2.97. The maximum atomic E-state index is 13.3. The lowest BCUT2D eigenvalue weighted by molar-refractivity contribution is -0.141. The maximum absolute atomic E-state index is 13.3. The zero-order chi connectivity index (χ0) is 30.7. The van der Waals surface area contributed by atoms with E-state index in [1.807, 2.05) is 20.8 Å². The fourth-order valence-electron chi connectivity index (χ4n) is 5.40. The van der Waals surface area contributed by atoms with E-state index in [1.165, 1.54) is 7.11 Å². The molecule has 1 aromatic carbocycles. The van der Waals surface area contributed by atoms with Crippen LogP contribution < -0.4 is 10.1 Å². The first kappa shape index (κ1) is 33.1. The van der Waals surface area contributed by atoms with Crippen molar-refractivity contribution in [2.75, 3.05) is 46.6 Å². The number of nitrogens with zero attached hydrogens (tertiary/aromatic N) is 2. The highest BCUT2D eigenvalue weighted by molar-refractivity contribution is 5.82. The number of hydrogen-bond acceptors (Lipinski definition) is 7. The largest absolute Gasteiger partial charge is 0.491 e. The van der Waals surface area contributed by atoms with Crippen molar-refractivity contribution in [2.45, 2.75) is 77.4 Å². The van der Waals surface area contributed by atoms with E-state index < -0.39 is 30.2 Å². The third-order valence-electron chi connectivity index (χ3n) is 7.70. The van der Waals surface area contributed by atoms with Gasteiger partial charge >= 0.3 is 12.1 Å². The van der Waals surface area contributed by atoms with Crippen LogP contribution in [0.3, 0.4) is 0 Å². The molecule has 42 heavy (non-hydrogen) atoms. The predicted molar refractivity (Wildman–Crippen MR) is 154 cm³/mol. The quantitative estimate of drug-likeness (QED) is 0.379. The average molecular weight is 592 g/mol. The number of alkyl halides is 1. The highest BCUT2D eigenvalue weighted by atomic mass is 19.1. The van der Waals surface area contributed by atoms with E-state index >= 15 is 0 Å². The van der Waals surface area contributed by atoms with Crippen molar-refractivity contribution in [1.29, 1.82) is 0 Å². The summed E-state index contributed by atoms with van der Waals surface area (Å²) in [6.07, 6.45) is 3.81. The number of hydrogen-bond donors (Lipinski definition) is 1. The standard InChI is InChI=1S/C31H46FN3O7/c1-31(2,3)42-30(39)34-16-12-22(13-17-34)10-11-27(36)35-15-6-8-24(21-35)29(38)33-26(20-28(37)40-4)23-7-5-9-25(19-23)41-18-14-32/h5,7,9,19,22,24,26H,6,8,10-18,20-21H2,1-4H3,(H,33,38)/t24-,26?/m1/s1. The Balaban J connectivity index is 1.51. The van der Waals surface area contributed by atoms with Crippen LogP contribution in [0.1, 0.15) is 77.3 Å². The van der Waals surface area contributed by atoms with Gasteiger partial charge in [-0.05, 0) is 76.5 Å². The number of esters is 1. The molecular weight excluding hydrogens is 545 g/mol. The van der Waals surface area contributed by atoms with Crippen molar-refractivity contribution < 1.29 is 37.8 Å². The van der Waals surface area contributed by atoms with Gasteiger partial charge in [0.15, 0.2) is 0 Å². The molecule has 2 atom stereocenters. The Labute approximate surface area is 248 Å². The molecule has 3 amide bonds. The predicted octanol–water partition coefficient (Wildman–Crippen LogP) is 4.42. The van der Waals surface area contributed by atoms with Gasteiger partial charge in [-0.2, -0.15) is 0 Å². The summed E-state index contributed by atoms with van der Waals surface area (Å²) in [5.41, 5.74) is 0.120. The zero-order valence-corrected chi connectivity index (χ0v) is 25.4. The van der Waals surface area contributed by atoms with Crippen LogP contribution >= 0.6 is 0 Å². The molecular formula is C31H46FN3O7. The van der Waals surface area contributed by atoms with Crippen molar-refractivity contribution in [2.24, 2.45) is 11.8 Å². The van der Waals surface area contributed by atoms with Gasteiger partial charge in [0.2, 0.25) is 11.8 Å². The number of rotatable bonds is 11. The molecule has 1 aromatic rings. The second kappa shape index (κ2) is 15.7. The fraction of sp³-hybridized carbons (Fsp3) is 0.677. The van der Waals surface area contributed by atoms with Gasteiger partial charge in [-0.15, -0.1) is 0 Å². The zero-order valence-electron chi connectivity index (χ0n) is 25.4. The summed E-state index contributed by atoms with van der Waals surface area (Å²) in [5, 5.41) is 2.97. The lowest BCUT2D eigenvalue weighted by atomic mass is 9.91. The molecule has 2 saturated heterocycles. The molecule has 11 heteroatoms. The number of carbonyl (C=O) groups is 4. The molecule has 2 fully saturated rings. The Hall–Kier alpha value is -3.37. The summed E-state index contributed by atoms with van der Waals surface area (Å²) in [6, 6.07) is 6.20. The van der Waals surface area contributed by atoms with Crippen LogP contribution in [0.25, 0.3) is 0 Å². The summed E-state index contributed by atoms with van der Waals surface area (Å²) < 4.78 is 28.2. The van der Waals surface area contributed by atoms with Crippen LogP contribution in [-0.4, -0.2) is 85.8 Å². The van der Waals surface area contributed by atoms with E-state index in [0.717, 1.165) is 19.3 Å². The van der Waals surface area contributed by atoms with E-state index in [4.69, 9.17) is 14.2 Å². The number of methoxy groups -OCH3 is 1. The van der Waals surface area contributed by atoms with Crippen molar-refractivity contribution in [3.8, 4) is 5.75 Å². The minimum Gasteiger partial charge on any atom is -0.491 e. The van der Waals surface area contributed by atoms with Gasteiger partial charge < -0.3 is 29.3 Å². The van der Waals surface area contributed by atoms with Gasteiger partial charge in [-0.1, -0.05) is 12.1 Å². The summed E-state index contributed by atoms with van der Waals surface area (Å²) in [7, 11) is 1.29. The van der Waals surface area contributed by atoms with Crippen LogP contribution in [0.4, 0.5) is 9.18 Å². The molecule has 2 heterocycles. The normalized spacial score (nSPS) is 18.6. The van der Waals surface area contributed by atoms with Crippen molar-refractivity contribution in [3.63, 3.8) is 0 Å². The first-order chi connectivity index (χ1) is 20.0. The topological polar surface area (TPSA) is 114 Å². The first-order valence-electron chi connectivity index (χ1n) is 14.9. The summed E-state index contributed by atoms with van der Waals surface area (Å²) in [4.78, 5) is 54.4. The van der Waals surface area contributed by atoms with Crippen LogP contribution in [0.2, 0.25) is 0 Å². The summed E-state index contributed by atoms with van der Waals surface area (Å²) in [6.45, 7) is 7.02. The monoisotopic (exact) mass is 591 g/mol. The van der Waals surface area contributed by atoms with Crippen molar-refractivity contribution >= 4 is 23.9 Å². The molecule has 10 nitrogen and oxygen atoms in total. The number of halogens is 1. The number of nitrogens with one attached hydrogen (secondary N) is 1. The lowest BCUT2D eigenvalue weighted by Gasteiger charge is -2.35. The molecule has 0 aromatic heterocycles. The minimum atomic E-state index is -0.656. The summed E-state index contributed by atoms with van der Waals surface area (Å²) in [5.74, 6) is -0.269. The van der Waals surface area contributed by atoms with E-state index in [9.17, 15) is 23.6 Å². The molecule has 3 rings (SSSR count). The number of likely N-dealkylation sites (tertiary alicyclic amines) is 2. The van der Waals surface area contributed by atoms with E-state index in [1.54, 1.807) is 34.1 Å². The maximum Gasteiger partial charge on any atom is 0.410 e. The molecule has 0 spiro atoms. The van der Waals surface area contributed by atoms with Crippen LogP contribution in [0, 0.1) is 11.8 Å². The van der Waals surface area contributed by atoms with Crippen LogP contribution in [0.5, 0.6) is 5.75 Å². The van der Waals surface area contributed by atoms with Gasteiger partial charge in [0.1, 0.15) is 24.6 Å². The molecule has 1 unspecified atom stereocenters. The van der Waals surface area contributed by atoms with Gasteiger partial charge in [0.05, 0.1) is 25.5 Å². The Morgan fingerprint density at radius 3 is 2.48 bits per heavy atom. The van der Waals surface area contributed by atoms with Crippen molar-refractivity contribution in [1.82, 2.24) is 15.1 Å². The Morgan fingerprint density at radius 2 is 1.81 bits per heavy atom. The Kier molecular flexibility index (Phi) is 12.4. The number of benzene rings is 1. The van der Waals surface area contributed by atoms with Gasteiger partial charge in [-0.25, -0.2) is 9.18 Å². The first-order valence-corrected chi connectivity index (χ1v) is 14.9. The number of carbonyl (C=O) groups excluding carboxylic acids is 4. The van der Waals surface area contributed by atoms with Gasteiger partial charge in [-0.3, -0.25) is 14.4 Å². The molecule has 0 radical (unpaired) electrons. The molecule has 0 saturated carbocycles. The smallest absolute Gasteiger partial charge is 0.410 e. The lowest BCUT2D eigenvalue weighted by Crippen LogP contribution is -2.46. The SMILES string of the molecule is COC(=O)CC(NC(=O)[C@@H]1CCCN(C(=O)CCC2CCN(C(=O)OC(C)(C)C)CC2)C1)c1cccc(OCCF)c1. The van der Waals surface area contributed by atoms with Gasteiger partial charge in [0.25, 0.3) is 0 Å². The van der Waals surface area contributed by atoms with Crippen molar-refractivity contribution in [3.05, 3.63) is 29.8 Å². The molecule has 234 valence electrons. The molecule has 2 aliphatic rings. The Bertz CT molecular complexity index is 1070. The highest BCUT2D eigenvalue weighted by Crippen LogP contribution is 2.27. The number of amides is 3. The fourth-order valence-corrected chi connectivity index (χ4v) is 5.40. The second-order valence-electron chi connectivity index (χ2n) is 12.1. The molecule has 2 aliphatic heterocycles. The third-order valence-corrected chi connectivity index (χ3v) is 7.70. The van der Waals surface area contributed by atoms with Crippen LogP contribution in [0.15, 0.2) is 24.3 Å². The second-order valence-corrected chi connectivity index (χ2v) is 12.1. The van der Waals surface area contributed by atoms with E-state index in [-0.39, 0.29) is 30.9 Å². The van der Waals surface area contributed by atoms with Crippen LogP contribution in [-0.2, 0) is 23.9 Å². The van der Waals surface area contributed by atoms with Gasteiger partial charge in [0, 0.05) is 32.6 Å². The number of piperidine rings is 2. The number of ether oxygens (including phenoxy) is 3. The molecule has 0 bridgehead atoms.